The van der Waals surface area contributed by atoms with Crippen LogP contribution in [-0.4, -0.2) is 31.9 Å². The molecule has 5 heteroatoms. The summed E-state index contributed by atoms with van der Waals surface area (Å²) < 4.78 is 1.99. The van der Waals surface area contributed by atoms with Gasteiger partial charge in [-0.25, -0.2) is 4.98 Å². The van der Waals surface area contributed by atoms with Crippen molar-refractivity contribution in [2.45, 2.75) is 25.9 Å². The molecule has 4 aromatic rings. The highest BCUT2D eigenvalue weighted by Gasteiger charge is 2.31. The van der Waals surface area contributed by atoms with Gasteiger partial charge in [-0.05, 0) is 36.6 Å². The second-order valence-corrected chi connectivity index (χ2v) is 7.38. The van der Waals surface area contributed by atoms with Gasteiger partial charge in [0.05, 0.1) is 12.4 Å². The van der Waals surface area contributed by atoms with E-state index in [1.165, 1.54) is 10.9 Å². The molecule has 2 aromatic heterocycles. The van der Waals surface area contributed by atoms with Crippen LogP contribution >= 0.6 is 0 Å². The first-order chi connectivity index (χ1) is 13.7. The van der Waals surface area contributed by atoms with Gasteiger partial charge >= 0.3 is 0 Å². The van der Waals surface area contributed by atoms with Crippen LogP contribution in [0.3, 0.4) is 0 Å². The summed E-state index contributed by atoms with van der Waals surface area (Å²) in [5, 5.41) is 1.27. The van der Waals surface area contributed by atoms with Gasteiger partial charge in [0.25, 0.3) is 5.91 Å². The second-order valence-electron chi connectivity index (χ2n) is 7.38. The minimum Gasteiger partial charge on any atom is -0.356 e. The van der Waals surface area contributed by atoms with Crippen LogP contribution in [0.25, 0.3) is 10.9 Å². The SMILES string of the molecule is C[C@H]1c2[nH]c3ccccc3c2CCN1C(=O)c1ccccc1Cn1ccnc1. The van der Waals surface area contributed by atoms with Gasteiger partial charge < -0.3 is 14.5 Å². The summed E-state index contributed by atoms with van der Waals surface area (Å²) in [5.41, 5.74) is 5.43. The van der Waals surface area contributed by atoms with E-state index in [0.29, 0.717) is 6.54 Å². The molecule has 1 aliphatic heterocycles. The van der Waals surface area contributed by atoms with Crippen molar-refractivity contribution in [2.75, 3.05) is 6.54 Å². The number of carbonyl (C=O) groups is 1. The molecule has 0 saturated heterocycles. The van der Waals surface area contributed by atoms with Crippen LogP contribution < -0.4 is 0 Å². The van der Waals surface area contributed by atoms with E-state index in [-0.39, 0.29) is 11.9 Å². The van der Waals surface area contributed by atoms with E-state index in [0.717, 1.165) is 35.3 Å². The van der Waals surface area contributed by atoms with Crippen LogP contribution in [0.2, 0.25) is 0 Å². The molecule has 5 nitrogen and oxygen atoms in total. The van der Waals surface area contributed by atoms with Crippen molar-refractivity contribution in [2.24, 2.45) is 0 Å². The maximum absolute atomic E-state index is 13.5. The van der Waals surface area contributed by atoms with Gasteiger partial charge in [-0.1, -0.05) is 36.4 Å². The van der Waals surface area contributed by atoms with Gasteiger partial charge in [0.2, 0.25) is 0 Å². The average Bonchev–Trinajstić information content (AvgIpc) is 3.36. The molecule has 0 radical (unpaired) electrons. The molecule has 0 spiro atoms. The number of hydrogen-bond donors (Lipinski definition) is 1. The lowest BCUT2D eigenvalue weighted by molar-refractivity contribution is 0.0673. The Bertz CT molecular complexity index is 1140. The molecule has 0 aliphatic carbocycles. The zero-order chi connectivity index (χ0) is 19.1. The molecule has 1 amide bonds. The summed E-state index contributed by atoms with van der Waals surface area (Å²) >= 11 is 0. The zero-order valence-electron chi connectivity index (χ0n) is 15.8. The van der Waals surface area contributed by atoms with E-state index in [4.69, 9.17) is 0 Å². The third kappa shape index (κ3) is 2.71. The number of nitrogens with zero attached hydrogens (tertiary/aromatic N) is 3. The number of hydrogen-bond acceptors (Lipinski definition) is 2. The van der Waals surface area contributed by atoms with Crippen molar-refractivity contribution in [3.05, 3.63) is 89.6 Å². The minimum absolute atomic E-state index is 0.0185. The molecule has 3 heterocycles. The van der Waals surface area contributed by atoms with Crippen LogP contribution in [0.1, 0.15) is 40.1 Å². The van der Waals surface area contributed by atoms with E-state index in [2.05, 4.69) is 35.1 Å². The number of carbonyl (C=O) groups excluding carboxylic acids is 1. The molecule has 0 saturated carbocycles. The van der Waals surface area contributed by atoms with Crippen LogP contribution in [0.4, 0.5) is 0 Å². The number of aromatic nitrogens is 3. The van der Waals surface area contributed by atoms with Gasteiger partial charge in [-0.15, -0.1) is 0 Å². The lowest BCUT2D eigenvalue weighted by atomic mass is 9.96. The first-order valence-corrected chi connectivity index (χ1v) is 9.66. The van der Waals surface area contributed by atoms with Crippen LogP contribution in [0, 0.1) is 0 Å². The van der Waals surface area contributed by atoms with E-state index >= 15 is 0 Å². The third-order valence-corrected chi connectivity index (χ3v) is 5.76. The Hall–Kier alpha value is -3.34. The van der Waals surface area contributed by atoms with Crippen molar-refractivity contribution in [3.63, 3.8) is 0 Å². The molecule has 0 unspecified atom stereocenters. The Balaban J connectivity index is 1.48. The predicted octanol–water partition coefficient (Wildman–Crippen LogP) is 4.17. The quantitative estimate of drug-likeness (QED) is 0.588. The summed E-state index contributed by atoms with van der Waals surface area (Å²) in [4.78, 5) is 23.1. The number of H-pyrrole nitrogens is 1. The lowest BCUT2D eigenvalue weighted by Gasteiger charge is -2.34. The van der Waals surface area contributed by atoms with Crippen LogP contribution in [-0.2, 0) is 13.0 Å². The summed E-state index contributed by atoms with van der Waals surface area (Å²) in [5.74, 6) is 0.0903. The number of amides is 1. The average molecular weight is 370 g/mol. The molecule has 1 aliphatic rings. The fraction of sp³-hybridized carbons (Fsp3) is 0.217. The van der Waals surface area contributed by atoms with Crippen molar-refractivity contribution < 1.29 is 4.79 Å². The fourth-order valence-electron chi connectivity index (χ4n) is 4.30. The number of para-hydroxylation sites is 1. The molecule has 0 bridgehead atoms. The molecule has 1 N–H and O–H groups in total. The standard InChI is InChI=1S/C23H22N4O/c1-16-22-20(19-8-4-5-9-21(19)25-22)10-12-27(16)23(28)18-7-3-2-6-17(18)14-26-13-11-24-15-26/h2-9,11,13,15-16,25H,10,12,14H2,1H3/t16-/m0/s1. The van der Waals surface area contributed by atoms with Crippen molar-refractivity contribution >= 4 is 16.8 Å². The number of fused-ring (bicyclic) bond motifs is 3. The monoisotopic (exact) mass is 370 g/mol. The second kappa shape index (κ2) is 6.68. The normalized spacial score (nSPS) is 16.3. The van der Waals surface area contributed by atoms with Crippen molar-refractivity contribution in [1.82, 2.24) is 19.4 Å². The topological polar surface area (TPSA) is 53.9 Å². The number of aromatic amines is 1. The third-order valence-electron chi connectivity index (χ3n) is 5.76. The fourth-order valence-corrected chi connectivity index (χ4v) is 4.30. The minimum atomic E-state index is 0.0185. The van der Waals surface area contributed by atoms with Gasteiger partial charge in [-0.3, -0.25) is 4.79 Å². The summed E-state index contributed by atoms with van der Waals surface area (Å²) in [6, 6.07) is 16.3. The highest BCUT2D eigenvalue weighted by molar-refractivity contribution is 5.96. The predicted molar refractivity (Wildman–Crippen MR) is 109 cm³/mol. The van der Waals surface area contributed by atoms with Crippen LogP contribution in [0.5, 0.6) is 0 Å². The number of imidazole rings is 1. The van der Waals surface area contributed by atoms with E-state index in [9.17, 15) is 4.79 Å². The van der Waals surface area contributed by atoms with E-state index in [1.807, 2.05) is 46.0 Å². The summed E-state index contributed by atoms with van der Waals surface area (Å²) in [6.07, 6.45) is 6.33. The molecule has 0 fully saturated rings. The van der Waals surface area contributed by atoms with Crippen molar-refractivity contribution in [1.29, 1.82) is 0 Å². The summed E-state index contributed by atoms with van der Waals surface area (Å²) in [7, 11) is 0. The zero-order valence-corrected chi connectivity index (χ0v) is 15.8. The smallest absolute Gasteiger partial charge is 0.254 e. The van der Waals surface area contributed by atoms with Gasteiger partial charge in [0, 0.05) is 47.6 Å². The molecule has 140 valence electrons. The maximum Gasteiger partial charge on any atom is 0.254 e. The Morgan fingerprint density at radius 2 is 2.00 bits per heavy atom. The van der Waals surface area contributed by atoms with Gasteiger partial charge in [-0.2, -0.15) is 0 Å². The number of nitrogens with one attached hydrogen (secondary N) is 1. The number of rotatable bonds is 3. The Morgan fingerprint density at radius 1 is 1.18 bits per heavy atom. The number of benzene rings is 2. The van der Waals surface area contributed by atoms with Crippen LogP contribution in [0.15, 0.2) is 67.3 Å². The molecule has 1 atom stereocenters. The highest BCUT2D eigenvalue weighted by Crippen LogP contribution is 2.35. The Morgan fingerprint density at radius 3 is 2.86 bits per heavy atom. The largest absolute Gasteiger partial charge is 0.356 e. The van der Waals surface area contributed by atoms with Gasteiger partial charge in [0.1, 0.15) is 0 Å². The molecule has 2 aromatic carbocycles. The van der Waals surface area contributed by atoms with E-state index < -0.39 is 0 Å². The Kier molecular flexibility index (Phi) is 4.01. The van der Waals surface area contributed by atoms with Crippen molar-refractivity contribution in [3.8, 4) is 0 Å². The molecule has 5 rings (SSSR count). The molecular weight excluding hydrogens is 348 g/mol. The first-order valence-electron chi connectivity index (χ1n) is 9.66. The van der Waals surface area contributed by atoms with Gasteiger partial charge in [0.15, 0.2) is 0 Å². The van der Waals surface area contributed by atoms with E-state index in [1.54, 1.807) is 12.5 Å². The highest BCUT2D eigenvalue weighted by atomic mass is 16.2. The summed E-state index contributed by atoms with van der Waals surface area (Å²) in [6.45, 7) is 3.49. The lowest BCUT2D eigenvalue weighted by Crippen LogP contribution is -2.39. The maximum atomic E-state index is 13.5. The molecular formula is C23H22N4O. The molecule has 28 heavy (non-hydrogen) atoms. The first kappa shape index (κ1) is 16.8. The Labute approximate surface area is 163 Å².